The number of aromatic nitrogens is 1. The summed E-state index contributed by atoms with van der Waals surface area (Å²) < 4.78 is 10.5. The maximum atomic E-state index is 13.0. The van der Waals surface area contributed by atoms with Crippen molar-refractivity contribution in [2.75, 3.05) is 32.6 Å². The van der Waals surface area contributed by atoms with Crippen LogP contribution in [0.25, 0.3) is 10.9 Å². The van der Waals surface area contributed by atoms with Gasteiger partial charge in [-0.15, -0.1) is 0 Å². The summed E-state index contributed by atoms with van der Waals surface area (Å²) in [7, 11) is 3.13. The average molecular weight is 407 g/mol. The van der Waals surface area contributed by atoms with Crippen LogP contribution >= 0.6 is 0 Å². The van der Waals surface area contributed by atoms with E-state index in [2.05, 4.69) is 10.3 Å². The Labute approximate surface area is 175 Å². The summed E-state index contributed by atoms with van der Waals surface area (Å²) in [6, 6.07) is 14.9. The monoisotopic (exact) mass is 407 g/mol. The van der Waals surface area contributed by atoms with E-state index in [0.717, 1.165) is 23.7 Å². The maximum Gasteiger partial charge on any atom is 0.270 e. The van der Waals surface area contributed by atoms with Crippen LogP contribution in [0.1, 0.15) is 23.3 Å². The Morgan fingerprint density at radius 1 is 1.07 bits per heavy atom. The van der Waals surface area contributed by atoms with Crippen LogP contribution in [-0.4, -0.2) is 49.0 Å². The van der Waals surface area contributed by atoms with Gasteiger partial charge in [0.2, 0.25) is 5.91 Å². The summed E-state index contributed by atoms with van der Waals surface area (Å²) in [4.78, 5) is 30.8. The molecule has 0 radical (unpaired) electrons. The number of hydrogen-bond acceptors (Lipinski definition) is 4. The van der Waals surface area contributed by atoms with Crippen molar-refractivity contribution in [3.63, 3.8) is 0 Å². The Hall–Kier alpha value is -3.48. The lowest BCUT2D eigenvalue weighted by Gasteiger charge is -2.31. The van der Waals surface area contributed by atoms with Gasteiger partial charge in [-0.05, 0) is 25.0 Å². The number of nitrogens with zero attached hydrogens (tertiary/aromatic N) is 1. The van der Waals surface area contributed by atoms with Crippen molar-refractivity contribution < 1.29 is 19.1 Å². The molecule has 2 aromatic carbocycles. The van der Waals surface area contributed by atoms with E-state index in [4.69, 9.17) is 9.47 Å². The van der Waals surface area contributed by atoms with Crippen molar-refractivity contribution in [2.24, 2.45) is 5.92 Å². The molecule has 0 aliphatic carbocycles. The van der Waals surface area contributed by atoms with Crippen molar-refractivity contribution in [1.29, 1.82) is 0 Å². The molecule has 1 unspecified atom stereocenters. The number of nitrogens with one attached hydrogen (secondary N) is 2. The van der Waals surface area contributed by atoms with Gasteiger partial charge in [0.1, 0.15) is 17.2 Å². The summed E-state index contributed by atoms with van der Waals surface area (Å²) in [6.45, 7) is 1.03. The SMILES string of the molecule is COc1cc(NC(=O)C2CCCN(C(=O)c3cc4ccccc4[nH]3)C2)cc(OC)c1. The molecule has 2 amide bonds. The van der Waals surface area contributed by atoms with Gasteiger partial charge in [0.15, 0.2) is 0 Å². The molecule has 1 aromatic heterocycles. The van der Waals surface area contributed by atoms with Crippen LogP contribution in [0.4, 0.5) is 5.69 Å². The molecule has 7 heteroatoms. The van der Waals surface area contributed by atoms with Crippen LogP contribution in [0.5, 0.6) is 11.5 Å². The molecule has 7 nitrogen and oxygen atoms in total. The topological polar surface area (TPSA) is 83.7 Å². The molecule has 3 aromatic rings. The predicted molar refractivity (Wildman–Crippen MR) is 115 cm³/mol. The molecule has 1 aliphatic rings. The number of aromatic amines is 1. The minimum Gasteiger partial charge on any atom is -0.497 e. The van der Waals surface area contributed by atoms with E-state index in [-0.39, 0.29) is 17.7 Å². The lowest BCUT2D eigenvalue weighted by molar-refractivity contribution is -0.121. The molecule has 0 saturated carbocycles. The molecule has 1 saturated heterocycles. The smallest absolute Gasteiger partial charge is 0.270 e. The van der Waals surface area contributed by atoms with Crippen LogP contribution in [0.15, 0.2) is 48.5 Å². The van der Waals surface area contributed by atoms with Crippen molar-refractivity contribution in [3.8, 4) is 11.5 Å². The van der Waals surface area contributed by atoms with Crippen LogP contribution < -0.4 is 14.8 Å². The number of H-pyrrole nitrogens is 1. The maximum absolute atomic E-state index is 13.0. The molecule has 156 valence electrons. The number of methoxy groups -OCH3 is 2. The standard InChI is InChI=1S/C23H25N3O4/c1-29-18-11-17(12-19(13-18)30-2)24-22(27)16-7-5-9-26(14-16)23(28)21-10-15-6-3-4-8-20(15)25-21/h3-4,6,8,10-13,16,25H,5,7,9,14H2,1-2H3,(H,24,27). The number of piperidine rings is 1. The fraction of sp³-hybridized carbons (Fsp3) is 0.304. The highest BCUT2D eigenvalue weighted by molar-refractivity contribution is 5.99. The third-order valence-electron chi connectivity index (χ3n) is 5.46. The number of likely N-dealkylation sites (tertiary alicyclic amines) is 1. The molecular weight excluding hydrogens is 382 g/mol. The van der Waals surface area contributed by atoms with E-state index in [1.54, 1.807) is 37.3 Å². The number of rotatable bonds is 5. The first-order valence-corrected chi connectivity index (χ1v) is 9.98. The van der Waals surface area contributed by atoms with Gasteiger partial charge in [-0.3, -0.25) is 9.59 Å². The Morgan fingerprint density at radius 3 is 2.50 bits per heavy atom. The van der Waals surface area contributed by atoms with E-state index in [9.17, 15) is 9.59 Å². The third kappa shape index (κ3) is 4.10. The zero-order chi connectivity index (χ0) is 21.1. The van der Waals surface area contributed by atoms with E-state index in [1.807, 2.05) is 30.3 Å². The Bertz CT molecular complexity index is 1020. The zero-order valence-electron chi connectivity index (χ0n) is 17.1. The average Bonchev–Trinajstić information content (AvgIpc) is 3.22. The molecule has 2 N–H and O–H groups in total. The number of hydrogen-bond donors (Lipinski definition) is 2. The second kappa shape index (κ2) is 8.49. The van der Waals surface area contributed by atoms with Gasteiger partial charge < -0.3 is 24.7 Å². The number of benzene rings is 2. The minimum atomic E-state index is -0.274. The molecule has 30 heavy (non-hydrogen) atoms. The lowest BCUT2D eigenvalue weighted by Crippen LogP contribution is -2.43. The number of carbonyl (C=O) groups excluding carboxylic acids is 2. The van der Waals surface area contributed by atoms with Crippen LogP contribution in [0.3, 0.4) is 0 Å². The van der Waals surface area contributed by atoms with Gasteiger partial charge in [0.05, 0.1) is 20.1 Å². The highest BCUT2D eigenvalue weighted by Crippen LogP contribution is 2.27. The number of ether oxygens (including phenoxy) is 2. The van der Waals surface area contributed by atoms with Crippen molar-refractivity contribution >= 4 is 28.4 Å². The summed E-state index contributed by atoms with van der Waals surface area (Å²) in [5.41, 5.74) is 2.09. The summed E-state index contributed by atoms with van der Waals surface area (Å²) in [6.07, 6.45) is 1.52. The largest absolute Gasteiger partial charge is 0.497 e. The molecule has 4 rings (SSSR count). The summed E-state index contributed by atoms with van der Waals surface area (Å²) in [5.74, 6) is 0.739. The first-order chi connectivity index (χ1) is 14.6. The van der Waals surface area contributed by atoms with Crippen molar-refractivity contribution in [1.82, 2.24) is 9.88 Å². The highest BCUT2D eigenvalue weighted by Gasteiger charge is 2.29. The molecule has 0 spiro atoms. The number of fused-ring (bicyclic) bond motifs is 1. The van der Waals surface area contributed by atoms with Gasteiger partial charge in [0, 0.05) is 47.9 Å². The van der Waals surface area contributed by atoms with E-state index in [0.29, 0.717) is 36.0 Å². The molecule has 0 bridgehead atoms. The second-order valence-corrected chi connectivity index (χ2v) is 7.45. The van der Waals surface area contributed by atoms with E-state index >= 15 is 0 Å². The second-order valence-electron chi connectivity index (χ2n) is 7.45. The zero-order valence-corrected chi connectivity index (χ0v) is 17.1. The molecule has 1 atom stereocenters. The van der Waals surface area contributed by atoms with Gasteiger partial charge >= 0.3 is 0 Å². The highest BCUT2D eigenvalue weighted by atomic mass is 16.5. The molecule has 2 heterocycles. The molecular formula is C23H25N3O4. The number of carbonyl (C=O) groups is 2. The van der Waals surface area contributed by atoms with Gasteiger partial charge in [-0.1, -0.05) is 18.2 Å². The third-order valence-corrected chi connectivity index (χ3v) is 5.46. The van der Waals surface area contributed by atoms with Crippen LogP contribution in [0, 0.1) is 5.92 Å². The number of anilines is 1. The Kier molecular flexibility index (Phi) is 5.61. The fourth-order valence-electron chi connectivity index (χ4n) is 3.86. The summed E-state index contributed by atoms with van der Waals surface area (Å²) >= 11 is 0. The number of para-hydroxylation sites is 1. The van der Waals surface area contributed by atoms with Gasteiger partial charge in [-0.25, -0.2) is 0 Å². The quantitative estimate of drug-likeness (QED) is 0.676. The van der Waals surface area contributed by atoms with E-state index in [1.165, 1.54) is 0 Å². The Morgan fingerprint density at radius 2 is 1.80 bits per heavy atom. The van der Waals surface area contributed by atoms with Gasteiger partial charge in [-0.2, -0.15) is 0 Å². The first kappa shape index (κ1) is 19.8. The van der Waals surface area contributed by atoms with Gasteiger partial charge in [0.25, 0.3) is 5.91 Å². The predicted octanol–water partition coefficient (Wildman–Crippen LogP) is 3.68. The number of amides is 2. The Balaban J connectivity index is 1.45. The fourth-order valence-corrected chi connectivity index (χ4v) is 3.86. The minimum absolute atomic E-state index is 0.0771. The summed E-state index contributed by atoms with van der Waals surface area (Å²) in [5, 5.41) is 3.94. The molecule has 1 aliphatic heterocycles. The van der Waals surface area contributed by atoms with Crippen molar-refractivity contribution in [3.05, 3.63) is 54.2 Å². The van der Waals surface area contributed by atoms with Crippen LogP contribution in [0.2, 0.25) is 0 Å². The van der Waals surface area contributed by atoms with Crippen LogP contribution in [-0.2, 0) is 4.79 Å². The molecule has 1 fully saturated rings. The first-order valence-electron chi connectivity index (χ1n) is 9.98. The van der Waals surface area contributed by atoms with E-state index < -0.39 is 0 Å². The normalized spacial score (nSPS) is 16.3. The van der Waals surface area contributed by atoms with Crippen molar-refractivity contribution in [2.45, 2.75) is 12.8 Å². The lowest BCUT2D eigenvalue weighted by atomic mass is 9.96.